The Balaban J connectivity index is 1.39. The Morgan fingerprint density at radius 2 is 1.81 bits per heavy atom. The Kier molecular flexibility index (Phi) is 4.22. The van der Waals surface area contributed by atoms with Crippen LogP contribution in [0.25, 0.3) is 33.5 Å². The summed E-state index contributed by atoms with van der Waals surface area (Å²) in [5.74, 6) is 0. The van der Waals surface area contributed by atoms with Crippen LogP contribution in [0.4, 0.5) is 0 Å². The molecular weight excluding hydrogens is 334 g/mol. The van der Waals surface area contributed by atoms with E-state index in [1.807, 2.05) is 18.5 Å². The van der Waals surface area contributed by atoms with Gasteiger partial charge in [0.1, 0.15) is 5.69 Å². The number of pyridine rings is 1. The summed E-state index contributed by atoms with van der Waals surface area (Å²) in [6, 6.07) is 14.7. The van der Waals surface area contributed by atoms with Gasteiger partial charge >= 0.3 is 0 Å². The fraction of sp³-hybridized carbons (Fsp3) is 0.273. The van der Waals surface area contributed by atoms with Crippen molar-refractivity contribution in [2.45, 2.75) is 25.8 Å². The lowest BCUT2D eigenvalue weighted by atomic mass is 10.1. The SMILES string of the molecule is c1ccc2[nH]c(-c3cc(-c4cncc(CN5CCCCC5)c4)[nH]n3)cc2c1. The van der Waals surface area contributed by atoms with Gasteiger partial charge in [-0.15, -0.1) is 0 Å². The van der Waals surface area contributed by atoms with E-state index in [-0.39, 0.29) is 0 Å². The molecule has 0 bridgehead atoms. The first-order valence-corrected chi connectivity index (χ1v) is 9.65. The molecule has 3 aromatic heterocycles. The van der Waals surface area contributed by atoms with Gasteiger partial charge in [-0.25, -0.2) is 0 Å². The van der Waals surface area contributed by atoms with Crippen LogP contribution in [0.5, 0.6) is 0 Å². The lowest BCUT2D eigenvalue weighted by Crippen LogP contribution is -2.29. The Morgan fingerprint density at radius 3 is 2.70 bits per heavy atom. The predicted molar refractivity (Wildman–Crippen MR) is 108 cm³/mol. The molecule has 136 valence electrons. The molecule has 0 unspecified atom stereocenters. The third-order valence-electron chi connectivity index (χ3n) is 5.34. The van der Waals surface area contributed by atoms with Gasteiger partial charge in [0.2, 0.25) is 0 Å². The summed E-state index contributed by atoms with van der Waals surface area (Å²) in [5.41, 5.74) is 6.41. The van der Waals surface area contributed by atoms with Crippen molar-refractivity contribution >= 4 is 10.9 Å². The van der Waals surface area contributed by atoms with Crippen LogP contribution in [0.3, 0.4) is 0 Å². The standard InChI is InChI=1S/C22H23N5/c1-4-8-27(9-5-1)15-16-10-18(14-23-13-16)20-12-22(26-25-20)21-11-17-6-2-3-7-19(17)24-21/h2-3,6-7,10-14,24H,1,4-5,8-9,15H2,(H,25,26). The van der Waals surface area contributed by atoms with Crippen molar-refractivity contribution in [3.05, 3.63) is 60.4 Å². The number of aromatic nitrogens is 4. The second kappa shape index (κ2) is 7.00. The number of nitrogens with one attached hydrogen (secondary N) is 2. The van der Waals surface area contributed by atoms with E-state index in [1.54, 1.807) is 0 Å². The Bertz CT molecular complexity index is 1020. The highest BCUT2D eigenvalue weighted by Gasteiger charge is 2.12. The van der Waals surface area contributed by atoms with E-state index in [9.17, 15) is 0 Å². The van der Waals surface area contributed by atoms with Crippen LogP contribution in [0, 0.1) is 0 Å². The molecule has 5 rings (SSSR count). The molecule has 0 saturated carbocycles. The third kappa shape index (κ3) is 3.38. The van der Waals surface area contributed by atoms with E-state index in [4.69, 9.17) is 0 Å². The van der Waals surface area contributed by atoms with Gasteiger partial charge in [-0.2, -0.15) is 5.10 Å². The van der Waals surface area contributed by atoms with E-state index in [1.165, 1.54) is 43.3 Å². The molecule has 1 saturated heterocycles. The Morgan fingerprint density at radius 1 is 0.926 bits per heavy atom. The molecular formula is C22H23N5. The summed E-state index contributed by atoms with van der Waals surface area (Å²) in [6.45, 7) is 3.36. The molecule has 4 heterocycles. The van der Waals surface area contributed by atoms with Crippen LogP contribution in [-0.4, -0.2) is 38.2 Å². The van der Waals surface area contributed by atoms with E-state index < -0.39 is 0 Å². The molecule has 4 aromatic rings. The maximum atomic E-state index is 4.51. The first kappa shape index (κ1) is 16.3. The first-order chi connectivity index (χ1) is 13.3. The molecule has 0 radical (unpaired) electrons. The highest BCUT2D eigenvalue weighted by Crippen LogP contribution is 2.26. The van der Waals surface area contributed by atoms with Crippen molar-refractivity contribution in [2.75, 3.05) is 13.1 Å². The van der Waals surface area contributed by atoms with Gasteiger partial charge in [0, 0.05) is 35.4 Å². The van der Waals surface area contributed by atoms with Crippen LogP contribution in [0.2, 0.25) is 0 Å². The topological polar surface area (TPSA) is 60.6 Å². The molecule has 27 heavy (non-hydrogen) atoms. The lowest BCUT2D eigenvalue weighted by Gasteiger charge is -2.26. The molecule has 0 amide bonds. The number of hydrogen-bond donors (Lipinski definition) is 2. The molecule has 2 N–H and O–H groups in total. The second-order valence-electron chi connectivity index (χ2n) is 7.36. The highest BCUT2D eigenvalue weighted by molar-refractivity contribution is 5.85. The maximum Gasteiger partial charge on any atom is 0.109 e. The number of H-pyrrole nitrogens is 2. The summed E-state index contributed by atoms with van der Waals surface area (Å²) >= 11 is 0. The van der Waals surface area contributed by atoms with Crippen molar-refractivity contribution in [1.29, 1.82) is 0 Å². The molecule has 1 aliphatic rings. The highest BCUT2D eigenvalue weighted by atomic mass is 15.1. The van der Waals surface area contributed by atoms with Gasteiger partial charge < -0.3 is 4.98 Å². The minimum absolute atomic E-state index is 0.919. The second-order valence-corrected chi connectivity index (χ2v) is 7.36. The number of fused-ring (bicyclic) bond motifs is 1. The molecule has 0 atom stereocenters. The summed E-state index contributed by atoms with van der Waals surface area (Å²) < 4.78 is 0. The number of hydrogen-bond acceptors (Lipinski definition) is 3. The number of rotatable bonds is 4. The Labute approximate surface area is 158 Å². The zero-order valence-electron chi connectivity index (χ0n) is 15.3. The molecule has 1 fully saturated rings. The number of benzene rings is 1. The quantitative estimate of drug-likeness (QED) is 0.561. The number of para-hydroxylation sites is 1. The largest absolute Gasteiger partial charge is 0.353 e. The normalized spacial score (nSPS) is 15.4. The monoisotopic (exact) mass is 357 g/mol. The van der Waals surface area contributed by atoms with Crippen molar-refractivity contribution in [3.63, 3.8) is 0 Å². The van der Waals surface area contributed by atoms with Crippen molar-refractivity contribution in [2.24, 2.45) is 0 Å². The van der Waals surface area contributed by atoms with Crippen LogP contribution < -0.4 is 0 Å². The number of likely N-dealkylation sites (tertiary alicyclic amines) is 1. The molecule has 5 nitrogen and oxygen atoms in total. The van der Waals surface area contributed by atoms with Gasteiger partial charge in [0.15, 0.2) is 0 Å². The summed E-state index contributed by atoms with van der Waals surface area (Å²) in [6.07, 6.45) is 7.86. The average molecular weight is 357 g/mol. The average Bonchev–Trinajstić information content (AvgIpc) is 3.36. The van der Waals surface area contributed by atoms with Crippen molar-refractivity contribution in [3.8, 4) is 22.6 Å². The summed E-state index contributed by atoms with van der Waals surface area (Å²) in [5, 5.41) is 8.88. The van der Waals surface area contributed by atoms with Crippen LogP contribution in [-0.2, 0) is 6.54 Å². The fourth-order valence-electron chi connectivity index (χ4n) is 3.92. The third-order valence-corrected chi connectivity index (χ3v) is 5.34. The van der Waals surface area contributed by atoms with Gasteiger partial charge in [-0.05, 0) is 55.8 Å². The van der Waals surface area contributed by atoms with E-state index in [2.05, 4.69) is 61.5 Å². The number of aromatic amines is 2. The molecule has 1 aromatic carbocycles. The zero-order valence-corrected chi connectivity index (χ0v) is 15.3. The summed E-state index contributed by atoms with van der Waals surface area (Å²) in [4.78, 5) is 10.4. The smallest absolute Gasteiger partial charge is 0.109 e. The van der Waals surface area contributed by atoms with E-state index in [0.29, 0.717) is 0 Å². The van der Waals surface area contributed by atoms with Gasteiger partial charge in [0.05, 0.1) is 11.4 Å². The molecule has 5 heteroatoms. The minimum Gasteiger partial charge on any atom is -0.353 e. The molecule has 0 spiro atoms. The molecule has 0 aliphatic carbocycles. The molecule has 1 aliphatic heterocycles. The van der Waals surface area contributed by atoms with Gasteiger partial charge in [0.25, 0.3) is 0 Å². The maximum absolute atomic E-state index is 4.51. The Hall–Kier alpha value is -2.92. The zero-order chi connectivity index (χ0) is 18.1. The van der Waals surface area contributed by atoms with Crippen molar-refractivity contribution in [1.82, 2.24) is 25.1 Å². The van der Waals surface area contributed by atoms with Gasteiger partial charge in [-0.1, -0.05) is 24.6 Å². The van der Waals surface area contributed by atoms with Crippen LogP contribution in [0.15, 0.2) is 54.9 Å². The van der Waals surface area contributed by atoms with Crippen LogP contribution >= 0.6 is 0 Å². The number of piperidine rings is 1. The number of nitrogens with zero attached hydrogens (tertiary/aromatic N) is 3. The van der Waals surface area contributed by atoms with E-state index in [0.717, 1.165) is 34.7 Å². The van der Waals surface area contributed by atoms with Gasteiger partial charge in [-0.3, -0.25) is 15.0 Å². The predicted octanol–water partition coefficient (Wildman–Crippen LogP) is 4.61. The van der Waals surface area contributed by atoms with E-state index >= 15 is 0 Å². The minimum atomic E-state index is 0.919. The van der Waals surface area contributed by atoms with Crippen LogP contribution in [0.1, 0.15) is 24.8 Å². The first-order valence-electron chi connectivity index (χ1n) is 9.65. The van der Waals surface area contributed by atoms with Crippen molar-refractivity contribution < 1.29 is 0 Å². The summed E-state index contributed by atoms with van der Waals surface area (Å²) in [7, 11) is 0. The fourth-order valence-corrected chi connectivity index (χ4v) is 3.92. The lowest BCUT2D eigenvalue weighted by molar-refractivity contribution is 0.220.